The highest BCUT2D eigenvalue weighted by Gasteiger charge is 2.52. The number of rotatable bonds is 2. The van der Waals surface area contributed by atoms with Crippen molar-refractivity contribution >= 4 is 22.7 Å². The predicted octanol–water partition coefficient (Wildman–Crippen LogP) is 10.5. The van der Waals surface area contributed by atoms with Crippen LogP contribution in [-0.4, -0.2) is 9.97 Å². The van der Waals surface area contributed by atoms with Crippen molar-refractivity contribution in [2.45, 2.75) is 34.5 Å². The van der Waals surface area contributed by atoms with Gasteiger partial charge in [-0.3, -0.25) is 0 Å². The van der Waals surface area contributed by atoms with E-state index in [2.05, 4.69) is 159 Å². The Labute approximate surface area is 267 Å². The highest BCUT2D eigenvalue weighted by Crippen LogP contribution is 2.62. The van der Waals surface area contributed by atoms with Gasteiger partial charge in [-0.2, -0.15) is 0 Å². The second kappa shape index (κ2) is 9.76. The number of fused-ring (bicyclic) bond motifs is 9. The van der Waals surface area contributed by atoms with Gasteiger partial charge in [-0.15, -0.1) is 0 Å². The van der Waals surface area contributed by atoms with Crippen LogP contribution in [0.5, 0.6) is 0 Å². The van der Waals surface area contributed by atoms with Crippen molar-refractivity contribution < 1.29 is 0 Å². The number of para-hydroxylation sites is 1. The Kier molecular flexibility index (Phi) is 5.73. The quantitative estimate of drug-likeness (QED) is 0.199. The fourth-order valence-corrected chi connectivity index (χ4v) is 9.14. The van der Waals surface area contributed by atoms with Crippen LogP contribution in [0.2, 0.25) is 0 Å². The highest BCUT2D eigenvalue weighted by atomic mass is 32.2. The van der Waals surface area contributed by atoms with E-state index in [1.165, 1.54) is 43.2 Å². The molecule has 0 bridgehead atoms. The van der Waals surface area contributed by atoms with E-state index in [1.54, 1.807) is 0 Å². The Balaban J connectivity index is 1.43. The summed E-state index contributed by atoms with van der Waals surface area (Å²) in [6.45, 7) is 4.74. The first-order valence-electron chi connectivity index (χ1n) is 15.5. The lowest BCUT2D eigenvalue weighted by Gasteiger charge is -2.50. The van der Waals surface area contributed by atoms with E-state index in [0.717, 1.165) is 33.5 Å². The molecular weight excluding hydrogens is 565 g/mol. The van der Waals surface area contributed by atoms with Crippen molar-refractivity contribution in [3.63, 3.8) is 0 Å². The lowest BCUT2D eigenvalue weighted by atomic mass is 9.53. The summed E-state index contributed by atoms with van der Waals surface area (Å²) in [5.74, 6) is 0.763. The van der Waals surface area contributed by atoms with Gasteiger partial charge in [0.15, 0.2) is 5.82 Å². The molecule has 9 rings (SSSR count). The SMILES string of the molecule is CC1(C)c2ccccc2C2(c3ccccc3Sc3ccccc32)c2cccc(-c3nc(-c4ccccc4)c4ccccc4n3)c21. The molecule has 45 heavy (non-hydrogen) atoms. The average molecular weight is 595 g/mol. The molecule has 0 saturated heterocycles. The molecule has 1 spiro atoms. The first kappa shape index (κ1) is 26.4. The molecule has 6 aromatic carbocycles. The summed E-state index contributed by atoms with van der Waals surface area (Å²) >= 11 is 1.88. The van der Waals surface area contributed by atoms with Gasteiger partial charge in [-0.25, -0.2) is 9.97 Å². The molecule has 0 fully saturated rings. The molecule has 3 heteroatoms. The smallest absolute Gasteiger partial charge is 0.160 e. The monoisotopic (exact) mass is 594 g/mol. The first-order chi connectivity index (χ1) is 22.1. The highest BCUT2D eigenvalue weighted by molar-refractivity contribution is 7.99. The maximum Gasteiger partial charge on any atom is 0.160 e. The third-order valence-corrected chi connectivity index (χ3v) is 10.9. The van der Waals surface area contributed by atoms with Gasteiger partial charge in [-0.1, -0.05) is 153 Å². The van der Waals surface area contributed by atoms with Crippen molar-refractivity contribution in [1.29, 1.82) is 0 Å². The summed E-state index contributed by atoms with van der Waals surface area (Å²) in [5, 5.41) is 1.06. The van der Waals surface area contributed by atoms with E-state index < -0.39 is 5.41 Å². The molecule has 2 nitrogen and oxygen atoms in total. The Morgan fingerprint density at radius 3 is 1.80 bits per heavy atom. The zero-order chi connectivity index (χ0) is 30.2. The molecule has 0 N–H and O–H groups in total. The minimum Gasteiger partial charge on any atom is -0.228 e. The second-order valence-corrected chi connectivity index (χ2v) is 13.6. The summed E-state index contributed by atoms with van der Waals surface area (Å²) in [4.78, 5) is 13.2. The van der Waals surface area contributed by atoms with Crippen LogP contribution in [0.3, 0.4) is 0 Å². The summed E-state index contributed by atoms with van der Waals surface area (Å²) in [6.07, 6.45) is 0. The van der Waals surface area contributed by atoms with Crippen molar-refractivity contribution in [1.82, 2.24) is 9.97 Å². The first-order valence-corrected chi connectivity index (χ1v) is 16.3. The number of aromatic nitrogens is 2. The minimum absolute atomic E-state index is 0.301. The number of hydrogen-bond acceptors (Lipinski definition) is 3. The summed E-state index contributed by atoms with van der Waals surface area (Å²) in [5.41, 5.74) is 11.3. The minimum atomic E-state index is -0.477. The van der Waals surface area contributed by atoms with E-state index in [4.69, 9.17) is 9.97 Å². The fourth-order valence-electron chi connectivity index (χ4n) is 7.95. The van der Waals surface area contributed by atoms with Crippen LogP contribution in [0.25, 0.3) is 33.5 Å². The average Bonchev–Trinajstić information content (AvgIpc) is 3.10. The standard InChI is InChI=1S/C42H30N2S/c1-41(2)30-19-7-8-20-31(30)42(32-21-9-12-25-36(32)45-37-26-13-10-22-33(37)42)34-23-14-18-29(38(34)41)40-43-35-24-11-6-17-28(35)39(44-40)27-15-4-3-5-16-27/h3-26H,1-2H3. The third-order valence-electron chi connectivity index (χ3n) is 9.79. The van der Waals surface area contributed by atoms with Gasteiger partial charge in [0.05, 0.1) is 16.6 Å². The largest absolute Gasteiger partial charge is 0.228 e. The van der Waals surface area contributed by atoms with Crippen LogP contribution in [0.15, 0.2) is 155 Å². The number of hydrogen-bond donors (Lipinski definition) is 0. The van der Waals surface area contributed by atoms with Gasteiger partial charge < -0.3 is 0 Å². The molecule has 7 aromatic rings. The van der Waals surface area contributed by atoms with E-state index in [1.807, 2.05) is 11.8 Å². The third kappa shape index (κ3) is 3.65. The molecule has 0 radical (unpaired) electrons. The lowest BCUT2D eigenvalue weighted by molar-refractivity contribution is 0.550. The van der Waals surface area contributed by atoms with Crippen LogP contribution in [0.4, 0.5) is 0 Å². The zero-order valence-corrected chi connectivity index (χ0v) is 26.0. The van der Waals surface area contributed by atoms with Crippen molar-refractivity contribution in [2.75, 3.05) is 0 Å². The predicted molar refractivity (Wildman–Crippen MR) is 185 cm³/mol. The van der Waals surface area contributed by atoms with Gasteiger partial charge in [-0.05, 0) is 51.6 Å². The van der Waals surface area contributed by atoms with Crippen LogP contribution >= 0.6 is 11.8 Å². The lowest BCUT2D eigenvalue weighted by Crippen LogP contribution is -2.43. The van der Waals surface area contributed by atoms with Crippen molar-refractivity contribution in [3.05, 3.63) is 179 Å². The van der Waals surface area contributed by atoms with E-state index >= 15 is 0 Å². The van der Waals surface area contributed by atoms with Crippen LogP contribution in [0.1, 0.15) is 47.2 Å². The van der Waals surface area contributed by atoms with E-state index in [9.17, 15) is 0 Å². The van der Waals surface area contributed by atoms with Gasteiger partial charge >= 0.3 is 0 Å². The molecule has 1 aliphatic carbocycles. The Morgan fingerprint density at radius 1 is 0.489 bits per heavy atom. The summed E-state index contributed by atoms with van der Waals surface area (Å²) in [6, 6.07) is 52.7. The number of benzene rings is 6. The van der Waals surface area contributed by atoms with Crippen molar-refractivity contribution in [2.24, 2.45) is 0 Å². The normalized spacial score (nSPS) is 15.2. The molecule has 2 aliphatic rings. The van der Waals surface area contributed by atoms with Gasteiger partial charge in [0.25, 0.3) is 0 Å². The van der Waals surface area contributed by atoms with Gasteiger partial charge in [0.1, 0.15) is 0 Å². The van der Waals surface area contributed by atoms with E-state index in [0.29, 0.717) is 0 Å². The Bertz CT molecular complexity index is 2240. The van der Waals surface area contributed by atoms with Crippen LogP contribution < -0.4 is 0 Å². The van der Waals surface area contributed by atoms with Gasteiger partial charge in [0.2, 0.25) is 0 Å². The summed E-state index contributed by atoms with van der Waals surface area (Å²) in [7, 11) is 0. The topological polar surface area (TPSA) is 25.8 Å². The molecule has 0 unspecified atom stereocenters. The number of nitrogens with zero attached hydrogens (tertiary/aromatic N) is 2. The Morgan fingerprint density at radius 2 is 1.07 bits per heavy atom. The van der Waals surface area contributed by atoms with Crippen molar-refractivity contribution in [3.8, 4) is 22.6 Å². The Hall–Kier alpha value is -4.99. The van der Waals surface area contributed by atoms with Crippen LogP contribution in [-0.2, 0) is 10.8 Å². The maximum absolute atomic E-state index is 5.38. The molecule has 1 aromatic heterocycles. The molecule has 2 heterocycles. The molecule has 0 atom stereocenters. The fraction of sp³-hybridized carbons (Fsp3) is 0.0952. The molecule has 0 saturated carbocycles. The van der Waals surface area contributed by atoms with Crippen LogP contribution in [0, 0.1) is 0 Å². The van der Waals surface area contributed by atoms with E-state index in [-0.39, 0.29) is 5.41 Å². The molecule has 0 amide bonds. The zero-order valence-electron chi connectivity index (χ0n) is 25.2. The molecule has 214 valence electrons. The maximum atomic E-state index is 5.38. The van der Waals surface area contributed by atoms with Gasteiger partial charge in [0, 0.05) is 31.7 Å². The summed E-state index contributed by atoms with van der Waals surface area (Å²) < 4.78 is 0. The molecule has 1 aliphatic heterocycles. The second-order valence-electron chi connectivity index (χ2n) is 12.5. The molecular formula is C42H30N2S.